The van der Waals surface area contributed by atoms with Crippen molar-refractivity contribution in [2.45, 2.75) is 6.92 Å². The summed E-state index contributed by atoms with van der Waals surface area (Å²) in [5, 5.41) is 7.00. The van der Waals surface area contributed by atoms with Gasteiger partial charge in [0.05, 0.1) is 12.6 Å². The van der Waals surface area contributed by atoms with E-state index in [2.05, 4.69) is 15.6 Å². The number of hydrogen-bond donors (Lipinski definition) is 2. The average Bonchev–Trinajstić information content (AvgIpc) is 2.56. The number of nitrogens with zero attached hydrogens (tertiary/aromatic N) is 1. The van der Waals surface area contributed by atoms with Crippen LogP contribution in [0.4, 0.5) is 16.2 Å². The zero-order chi connectivity index (χ0) is 17.1. The van der Waals surface area contributed by atoms with Crippen molar-refractivity contribution in [2.24, 2.45) is 0 Å². The maximum Gasteiger partial charge on any atom is 0.323 e. The predicted molar refractivity (Wildman–Crippen MR) is 97.1 cm³/mol. The fraction of sp³-hybridized carbons (Fsp3) is 0.111. The second-order valence-electron chi connectivity index (χ2n) is 5.28. The van der Waals surface area contributed by atoms with Crippen LogP contribution in [-0.4, -0.2) is 18.1 Å². The molecule has 6 heteroatoms. The van der Waals surface area contributed by atoms with E-state index in [1.807, 2.05) is 25.1 Å². The first-order valence-corrected chi connectivity index (χ1v) is 7.72. The van der Waals surface area contributed by atoms with Gasteiger partial charge in [0, 0.05) is 33.5 Å². The maximum atomic E-state index is 12.1. The van der Waals surface area contributed by atoms with Crippen molar-refractivity contribution < 1.29 is 9.53 Å². The molecule has 3 aromatic rings. The molecule has 1 heterocycles. The van der Waals surface area contributed by atoms with E-state index in [-0.39, 0.29) is 6.03 Å². The summed E-state index contributed by atoms with van der Waals surface area (Å²) in [6, 6.07) is 13.9. The van der Waals surface area contributed by atoms with Gasteiger partial charge in [-0.1, -0.05) is 11.6 Å². The largest absolute Gasteiger partial charge is 0.496 e. The van der Waals surface area contributed by atoms with E-state index in [0.29, 0.717) is 16.4 Å². The molecule has 0 spiro atoms. The van der Waals surface area contributed by atoms with Crippen molar-refractivity contribution in [1.29, 1.82) is 0 Å². The SMILES string of the molecule is COc1cc(C)nc2ccc(NC(=O)Nc3ccc(Cl)cc3)cc12. The summed E-state index contributed by atoms with van der Waals surface area (Å²) < 4.78 is 5.39. The summed E-state index contributed by atoms with van der Waals surface area (Å²) in [4.78, 5) is 16.6. The van der Waals surface area contributed by atoms with E-state index >= 15 is 0 Å². The van der Waals surface area contributed by atoms with E-state index < -0.39 is 0 Å². The molecule has 0 aliphatic carbocycles. The molecule has 0 radical (unpaired) electrons. The van der Waals surface area contributed by atoms with Gasteiger partial charge in [-0.05, 0) is 49.4 Å². The number of carbonyl (C=O) groups excluding carboxylic acids is 1. The van der Waals surface area contributed by atoms with E-state index in [1.54, 1.807) is 37.4 Å². The first-order valence-electron chi connectivity index (χ1n) is 7.34. The molecule has 0 bridgehead atoms. The Morgan fingerprint density at radius 3 is 2.42 bits per heavy atom. The molecular formula is C18H16ClN3O2. The Bertz CT molecular complexity index is 895. The molecule has 0 saturated carbocycles. The summed E-state index contributed by atoms with van der Waals surface area (Å²) in [6.45, 7) is 1.91. The minimum Gasteiger partial charge on any atom is -0.496 e. The Morgan fingerprint density at radius 2 is 1.71 bits per heavy atom. The number of hydrogen-bond acceptors (Lipinski definition) is 3. The van der Waals surface area contributed by atoms with E-state index in [9.17, 15) is 4.79 Å². The number of ether oxygens (including phenoxy) is 1. The molecule has 2 aromatic carbocycles. The molecule has 5 nitrogen and oxygen atoms in total. The number of carbonyl (C=O) groups is 1. The van der Waals surface area contributed by atoms with Gasteiger partial charge in [0.25, 0.3) is 0 Å². The zero-order valence-electron chi connectivity index (χ0n) is 13.3. The fourth-order valence-corrected chi connectivity index (χ4v) is 2.52. The Morgan fingerprint density at radius 1 is 1.04 bits per heavy atom. The Kier molecular flexibility index (Phi) is 4.53. The zero-order valence-corrected chi connectivity index (χ0v) is 14.0. The Balaban J connectivity index is 1.80. The van der Waals surface area contributed by atoms with Crippen LogP contribution in [0.15, 0.2) is 48.5 Å². The summed E-state index contributed by atoms with van der Waals surface area (Å²) in [5.41, 5.74) is 3.00. The summed E-state index contributed by atoms with van der Waals surface area (Å²) >= 11 is 5.83. The van der Waals surface area contributed by atoms with Gasteiger partial charge in [0.15, 0.2) is 0 Å². The molecule has 1 aromatic heterocycles. The summed E-state index contributed by atoms with van der Waals surface area (Å²) in [6.07, 6.45) is 0. The van der Waals surface area contributed by atoms with Crippen LogP contribution in [0.25, 0.3) is 10.9 Å². The third-order valence-electron chi connectivity index (χ3n) is 3.48. The van der Waals surface area contributed by atoms with Crippen LogP contribution >= 0.6 is 11.6 Å². The summed E-state index contributed by atoms with van der Waals surface area (Å²) in [7, 11) is 1.61. The molecule has 3 rings (SSSR count). The van der Waals surface area contributed by atoms with Crippen molar-refractivity contribution in [2.75, 3.05) is 17.7 Å². The van der Waals surface area contributed by atoms with E-state index in [4.69, 9.17) is 16.3 Å². The number of pyridine rings is 1. The molecular weight excluding hydrogens is 326 g/mol. The number of anilines is 2. The number of aryl methyl sites for hydroxylation is 1. The van der Waals surface area contributed by atoms with E-state index in [1.165, 1.54) is 0 Å². The first-order chi connectivity index (χ1) is 11.5. The van der Waals surface area contributed by atoms with Crippen LogP contribution in [0.3, 0.4) is 0 Å². The van der Waals surface area contributed by atoms with Crippen LogP contribution < -0.4 is 15.4 Å². The van der Waals surface area contributed by atoms with Crippen molar-refractivity contribution in [3.63, 3.8) is 0 Å². The standard InChI is InChI=1S/C18H16ClN3O2/c1-11-9-17(24-2)15-10-14(7-8-16(15)20-11)22-18(23)21-13-5-3-12(19)4-6-13/h3-10H,1-2H3,(H2,21,22,23). The highest BCUT2D eigenvalue weighted by molar-refractivity contribution is 6.30. The Hall–Kier alpha value is -2.79. The number of rotatable bonds is 3. The minimum absolute atomic E-state index is 0.337. The number of methoxy groups -OCH3 is 1. The van der Waals surface area contributed by atoms with Crippen molar-refractivity contribution in [1.82, 2.24) is 4.98 Å². The monoisotopic (exact) mass is 341 g/mol. The quantitative estimate of drug-likeness (QED) is 0.715. The highest BCUT2D eigenvalue weighted by Gasteiger charge is 2.08. The third kappa shape index (κ3) is 3.58. The van der Waals surface area contributed by atoms with Crippen LogP contribution in [0.2, 0.25) is 5.02 Å². The van der Waals surface area contributed by atoms with Crippen molar-refractivity contribution in [3.05, 3.63) is 59.2 Å². The van der Waals surface area contributed by atoms with Crippen LogP contribution in [0.1, 0.15) is 5.69 Å². The van der Waals surface area contributed by atoms with Crippen LogP contribution in [0, 0.1) is 6.92 Å². The average molecular weight is 342 g/mol. The maximum absolute atomic E-state index is 12.1. The normalized spacial score (nSPS) is 10.5. The van der Waals surface area contributed by atoms with Gasteiger partial charge in [-0.3, -0.25) is 4.98 Å². The molecule has 0 saturated heterocycles. The lowest BCUT2D eigenvalue weighted by molar-refractivity contribution is 0.262. The second kappa shape index (κ2) is 6.76. The molecule has 2 amide bonds. The predicted octanol–water partition coefficient (Wildman–Crippen LogP) is 4.85. The number of fused-ring (bicyclic) bond motifs is 1. The molecule has 2 N–H and O–H groups in total. The van der Waals surface area contributed by atoms with Crippen molar-refractivity contribution in [3.8, 4) is 5.75 Å². The smallest absolute Gasteiger partial charge is 0.323 e. The van der Waals surface area contributed by atoms with Gasteiger partial charge >= 0.3 is 6.03 Å². The van der Waals surface area contributed by atoms with Gasteiger partial charge < -0.3 is 15.4 Å². The lowest BCUT2D eigenvalue weighted by atomic mass is 10.1. The molecule has 24 heavy (non-hydrogen) atoms. The first kappa shape index (κ1) is 16.1. The molecule has 122 valence electrons. The van der Waals surface area contributed by atoms with Gasteiger partial charge in [-0.15, -0.1) is 0 Å². The van der Waals surface area contributed by atoms with Crippen LogP contribution in [0.5, 0.6) is 5.75 Å². The number of aromatic nitrogens is 1. The van der Waals surface area contributed by atoms with Crippen molar-refractivity contribution >= 4 is 39.9 Å². The van der Waals surface area contributed by atoms with Gasteiger partial charge in [-0.2, -0.15) is 0 Å². The lowest BCUT2D eigenvalue weighted by Gasteiger charge is -2.10. The highest BCUT2D eigenvalue weighted by Crippen LogP contribution is 2.28. The molecule has 0 atom stereocenters. The number of urea groups is 1. The van der Waals surface area contributed by atoms with Gasteiger partial charge in [-0.25, -0.2) is 4.79 Å². The fourth-order valence-electron chi connectivity index (χ4n) is 2.39. The third-order valence-corrected chi connectivity index (χ3v) is 3.73. The molecule has 0 fully saturated rings. The minimum atomic E-state index is -0.337. The molecule has 0 aliphatic rings. The number of nitrogens with one attached hydrogen (secondary N) is 2. The van der Waals surface area contributed by atoms with Gasteiger partial charge in [0.2, 0.25) is 0 Å². The topological polar surface area (TPSA) is 63.2 Å². The number of halogens is 1. The highest BCUT2D eigenvalue weighted by atomic mass is 35.5. The lowest BCUT2D eigenvalue weighted by Crippen LogP contribution is -2.19. The molecule has 0 aliphatic heterocycles. The molecule has 0 unspecified atom stereocenters. The number of amides is 2. The van der Waals surface area contributed by atoms with Gasteiger partial charge in [0.1, 0.15) is 5.75 Å². The van der Waals surface area contributed by atoms with Crippen LogP contribution in [-0.2, 0) is 0 Å². The second-order valence-corrected chi connectivity index (χ2v) is 5.72. The number of benzene rings is 2. The van der Waals surface area contributed by atoms with E-state index in [0.717, 1.165) is 22.3 Å². The summed E-state index contributed by atoms with van der Waals surface area (Å²) in [5.74, 6) is 0.722. The Labute approximate surface area is 144 Å².